The molecule has 0 spiro atoms. The Morgan fingerprint density at radius 1 is 1.23 bits per heavy atom. The molecule has 1 heterocycles. The van der Waals surface area contributed by atoms with Gasteiger partial charge in [-0.3, -0.25) is 0 Å². The molecule has 0 atom stereocenters. The highest BCUT2D eigenvalue weighted by atomic mass is 32.1. The SMILES string of the molecule is CCN(CC)CC.Cc1ccnc(NC(O)=S)c1.NC(O)=S. The van der Waals surface area contributed by atoms with E-state index in [1.54, 1.807) is 12.3 Å². The van der Waals surface area contributed by atoms with E-state index < -0.39 is 5.17 Å². The molecule has 1 aromatic rings. The molecule has 22 heavy (non-hydrogen) atoms. The number of thiocarbonyl (C=S) groups is 2. The molecule has 0 aliphatic carbocycles. The van der Waals surface area contributed by atoms with E-state index in [9.17, 15) is 0 Å². The van der Waals surface area contributed by atoms with Crippen LogP contribution in [0.25, 0.3) is 0 Å². The van der Waals surface area contributed by atoms with Gasteiger partial charge < -0.3 is 26.2 Å². The molecule has 0 aliphatic heterocycles. The van der Waals surface area contributed by atoms with Gasteiger partial charge in [0.05, 0.1) is 0 Å². The molecule has 0 saturated heterocycles. The maximum atomic E-state index is 8.68. The molecular weight excluding hydrogens is 320 g/mol. The van der Waals surface area contributed by atoms with Crippen LogP contribution in [0.4, 0.5) is 5.82 Å². The number of aryl methyl sites for hydroxylation is 1. The quantitative estimate of drug-likeness (QED) is 0.618. The lowest BCUT2D eigenvalue weighted by atomic mass is 10.3. The van der Waals surface area contributed by atoms with E-state index in [0.717, 1.165) is 5.56 Å². The van der Waals surface area contributed by atoms with Gasteiger partial charge in [0.25, 0.3) is 10.3 Å². The monoisotopic (exact) mass is 346 g/mol. The molecule has 0 aliphatic rings. The van der Waals surface area contributed by atoms with Crippen LogP contribution in [0.1, 0.15) is 26.3 Å². The summed E-state index contributed by atoms with van der Waals surface area (Å²) in [4.78, 5) is 6.30. The summed E-state index contributed by atoms with van der Waals surface area (Å²) < 4.78 is 0. The Balaban J connectivity index is 0. The van der Waals surface area contributed by atoms with Crippen molar-refractivity contribution in [1.82, 2.24) is 9.88 Å². The minimum absolute atomic E-state index is 0.261. The van der Waals surface area contributed by atoms with Crippen LogP contribution in [0.5, 0.6) is 0 Å². The third kappa shape index (κ3) is 16.5. The number of hydrogen-bond donors (Lipinski definition) is 4. The Hall–Kier alpha value is -1.51. The van der Waals surface area contributed by atoms with Crippen LogP contribution in [0, 0.1) is 6.92 Å². The highest BCUT2D eigenvalue weighted by Gasteiger charge is 1.94. The third-order valence-electron chi connectivity index (χ3n) is 2.49. The summed E-state index contributed by atoms with van der Waals surface area (Å²) in [7, 11) is 0. The van der Waals surface area contributed by atoms with Crippen LogP contribution >= 0.6 is 24.4 Å². The van der Waals surface area contributed by atoms with Gasteiger partial charge in [-0.1, -0.05) is 20.8 Å². The zero-order valence-electron chi connectivity index (χ0n) is 13.5. The molecule has 0 saturated carbocycles. The highest BCUT2D eigenvalue weighted by Crippen LogP contribution is 2.04. The van der Waals surface area contributed by atoms with Crippen LogP contribution in [-0.4, -0.2) is 50.1 Å². The van der Waals surface area contributed by atoms with Crippen molar-refractivity contribution >= 4 is 40.6 Å². The Bertz CT molecular complexity index is 431. The van der Waals surface area contributed by atoms with Gasteiger partial charge in [0.1, 0.15) is 5.82 Å². The third-order valence-corrected chi connectivity index (χ3v) is 2.59. The summed E-state index contributed by atoms with van der Waals surface area (Å²) in [5, 5.41) is 18.0. The second kappa shape index (κ2) is 14.4. The molecule has 0 unspecified atom stereocenters. The van der Waals surface area contributed by atoms with Gasteiger partial charge in [-0.25, -0.2) is 4.98 Å². The lowest BCUT2D eigenvalue weighted by Gasteiger charge is -2.13. The number of pyridine rings is 1. The minimum atomic E-state index is -0.500. The van der Waals surface area contributed by atoms with Gasteiger partial charge in [-0.2, -0.15) is 0 Å². The Morgan fingerprint density at radius 2 is 1.68 bits per heavy atom. The minimum Gasteiger partial charge on any atom is -0.487 e. The fourth-order valence-corrected chi connectivity index (χ4v) is 1.49. The maximum absolute atomic E-state index is 8.68. The molecule has 8 heteroatoms. The van der Waals surface area contributed by atoms with E-state index in [0.29, 0.717) is 5.82 Å². The summed E-state index contributed by atoms with van der Waals surface area (Å²) in [6.45, 7) is 12.1. The van der Waals surface area contributed by atoms with E-state index >= 15 is 0 Å². The van der Waals surface area contributed by atoms with Crippen LogP contribution in [-0.2, 0) is 0 Å². The van der Waals surface area contributed by atoms with Crippen LogP contribution in [0.2, 0.25) is 0 Å². The molecule has 6 nitrogen and oxygen atoms in total. The number of nitrogens with one attached hydrogen (secondary N) is 1. The molecule has 126 valence electrons. The molecule has 1 aromatic heterocycles. The van der Waals surface area contributed by atoms with Crippen molar-refractivity contribution in [3.8, 4) is 0 Å². The standard InChI is InChI=1S/C7H8N2OS.C6H15N.CH3NOS/c1-5-2-3-8-6(4-5)9-7(10)11;1-4-7(5-2)6-3;2-1(3)4/h2-4H,1H3,(H2,8,9,10,11);4-6H2,1-3H3;(H3,2,3,4). The molecule has 5 N–H and O–H groups in total. The summed E-state index contributed by atoms with van der Waals surface area (Å²) >= 11 is 8.30. The van der Waals surface area contributed by atoms with E-state index in [1.807, 2.05) is 13.0 Å². The summed E-state index contributed by atoms with van der Waals surface area (Å²) in [5.74, 6) is 0.567. The first-order valence-corrected chi connectivity index (χ1v) is 7.71. The Kier molecular flexibility index (Phi) is 14.9. The van der Waals surface area contributed by atoms with Gasteiger partial charge in [0.15, 0.2) is 0 Å². The van der Waals surface area contributed by atoms with Gasteiger partial charge in [0, 0.05) is 6.20 Å². The number of nitrogens with two attached hydrogens (primary N) is 1. The number of nitrogens with zero attached hydrogens (tertiary/aromatic N) is 2. The average Bonchev–Trinajstić information content (AvgIpc) is 2.40. The number of aliphatic hydroxyl groups excluding tert-OH is 2. The van der Waals surface area contributed by atoms with Gasteiger partial charge in [-0.05, 0) is 68.7 Å². The van der Waals surface area contributed by atoms with Crippen molar-refractivity contribution in [2.24, 2.45) is 5.73 Å². The maximum Gasteiger partial charge on any atom is 0.259 e. The lowest BCUT2D eigenvalue weighted by Crippen LogP contribution is -2.21. The topological polar surface area (TPSA) is 94.6 Å². The van der Waals surface area contributed by atoms with E-state index in [-0.39, 0.29) is 5.17 Å². The number of anilines is 1. The van der Waals surface area contributed by atoms with E-state index in [2.05, 4.69) is 66.1 Å². The summed E-state index contributed by atoms with van der Waals surface area (Å²) in [6.07, 6.45) is 1.65. The summed E-state index contributed by atoms with van der Waals surface area (Å²) in [6, 6.07) is 3.66. The van der Waals surface area contributed by atoms with Gasteiger partial charge in [-0.15, -0.1) is 0 Å². The van der Waals surface area contributed by atoms with Crippen molar-refractivity contribution in [2.45, 2.75) is 27.7 Å². The van der Waals surface area contributed by atoms with Crippen LogP contribution in [0.15, 0.2) is 18.3 Å². The molecule has 0 radical (unpaired) electrons. The number of aromatic nitrogens is 1. The fraction of sp³-hybridized carbons (Fsp3) is 0.500. The second-order valence-corrected chi connectivity index (χ2v) is 4.91. The van der Waals surface area contributed by atoms with Crippen LogP contribution in [0.3, 0.4) is 0 Å². The van der Waals surface area contributed by atoms with Crippen molar-refractivity contribution in [2.75, 3.05) is 25.0 Å². The highest BCUT2D eigenvalue weighted by molar-refractivity contribution is 7.80. The zero-order chi connectivity index (χ0) is 17.5. The predicted octanol–water partition coefficient (Wildman–Crippen LogP) is 2.78. The largest absolute Gasteiger partial charge is 0.487 e. The van der Waals surface area contributed by atoms with E-state index in [4.69, 9.17) is 10.2 Å². The summed E-state index contributed by atoms with van der Waals surface area (Å²) in [5.41, 5.74) is 5.47. The second-order valence-electron chi connectivity index (χ2n) is 4.11. The molecular formula is C14H26N4O2S2. The van der Waals surface area contributed by atoms with Crippen LogP contribution < -0.4 is 11.1 Å². The predicted molar refractivity (Wildman–Crippen MR) is 101 cm³/mol. The fourth-order valence-electron chi connectivity index (χ4n) is 1.38. The first kappa shape index (κ1) is 22.8. The molecule has 0 bridgehead atoms. The number of hydrogen-bond acceptors (Lipinski definition) is 4. The lowest BCUT2D eigenvalue weighted by molar-refractivity contribution is 0.321. The number of aliphatic hydroxyl groups is 2. The van der Waals surface area contributed by atoms with Crippen molar-refractivity contribution in [3.05, 3.63) is 23.9 Å². The molecule has 1 rings (SSSR count). The smallest absolute Gasteiger partial charge is 0.259 e. The average molecular weight is 347 g/mol. The Labute approximate surface area is 143 Å². The zero-order valence-corrected chi connectivity index (χ0v) is 15.2. The molecule has 0 amide bonds. The van der Waals surface area contributed by atoms with Crippen molar-refractivity contribution in [1.29, 1.82) is 0 Å². The normalized spacial score (nSPS) is 8.95. The van der Waals surface area contributed by atoms with Crippen molar-refractivity contribution in [3.63, 3.8) is 0 Å². The molecule has 0 aromatic carbocycles. The van der Waals surface area contributed by atoms with Gasteiger partial charge in [0.2, 0.25) is 0 Å². The first-order valence-electron chi connectivity index (χ1n) is 6.90. The first-order chi connectivity index (χ1) is 10.3. The number of rotatable bonds is 4. The molecule has 0 fully saturated rings. The van der Waals surface area contributed by atoms with E-state index in [1.165, 1.54) is 19.6 Å². The van der Waals surface area contributed by atoms with Crippen molar-refractivity contribution < 1.29 is 10.2 Å². The Morgan fingerprint density at radius 3 is 1.95 bits per heavy atom. The van der Waals surface area contributed by atoms with Gasteiger partial charge >= 0.3 is 0 Å².